The van der Waals surface area contributed by atoms with Crippen LogP contribution in [0.25, 0.3) is 0 Å². The Balaban J connectivity index is 1.28. The van der Waals surface area contributed by atoms with Crippen molar-refractivity contribution in [2.45, 2.75) is 38.5 Å². The Morgan fingerprint density at radius 1 is 1.07 bits per heavy atom. The molecule has 4 aliphatic carbocycles. The van der Waals surface area contributed by atoms with Gasteiger partial charge < -0.3 is 20.1 Å². The third-order valence-electron chi connectivity index (χ3n) is 6.60. The highest BCUT2D eigenvalue weighted by molar-refractivity contribution is 5.95. The fourth-order valence-electron chi connectivity index (χ4n) is 5.85. The molecule has 6 nitrogen and oxygen atoms in total. The second kappa shape index (κ2) is 8.11. The zero-order chi connectivity index (χ0) is 19.6. The molecular formula is C22H30N2O4. The van der Waals surface area contributed by atoms with E-state index in [0.717, 1.165) is 19.3 Å². The van der Waals surface area contributed by atoms with Crippen LogP contribution in [0.15, 0.2) is 24.3 Å². The Labute approximate surface area is 166 Å². The van der Waals surface area contributed by atoms with Crippen molar-refractivity contribution in [3.05, 3.63) is 24.3 Å². The molecule has 2 N–H and O–H groups in total. The van der Waals surface area contributed by atoms with Gasteiger partial charge in [0.1, 0.15) is 12.4 Å². The molecule has 1 aromatic carbocycles. The van der Waals surface area contributed by atoms with Crippen LogP contribution in [0.5, 0.6) is 5.75 Å². The lowest BCUT2D eigenvalue weighted by atomic mass is 9.49. The van der Waals surface area contributed by atoms with Crippen LogP contribution < -0.4 is 15.4 Å². The Bertz CT molecular complexity index is 698. The first-order valence-electron chi connectivity index (χ1n) is 10.4. The molecule has 4 bridgehead atoms. The zero-order valence-corrected chi connectivity index (χ0v) is 16.5. The van der Waals surface area contributed by atoms with Crippen molar-refractivity contribution in [2.24, 2.45) is 23.2 Å². The van der Waals surface area contributed by atoms with Crippen LogP contribution in [-0.4, -0.2) is 38.7 Å². The molecule has 1 aromatic rings. The number of amides is 2. The van der Waals surface area contributed by atoms with Crippen LogP contribution >= 0.6 is 0 Å². The summed E-state index contributed by atoms with van der Waals surface area (Å²) in [6.45, 7) is 0.970. The monoisotopic (exact) mass is 386 g/mol. The van der Waals surface area contributed by atoms with Crippen molar-refractivity contribution in [1.82, 2.24) is 5.32 Å². The molecule has 5 rings (SSSR count). The Kier molecular flexibility index (Phi) is 5.58. The number of benzene rings is 1. The van der Waals surface area contributed by atoms with Crippen molar-refractivity contribution in [3.8, 4) is 5.75 Å². The fourth-order valence-corrected chi connectivity index (χ4v) is 5.85. The summed E-state index contributed by atoms with van der Waals surface area (Å²) in [5, 5.41) is 5.75. The topological polar surface area (TPSA) is 76.7 Å². The number of carbonyl (C=O) groups is 2. The van der Waals surface area contributed by atoms with Crippen molar-refractivity contribution in [3.63, 3.8) is 0 Å². The van der Waals surface area contributed by atoms with Gasteiger partial charge in [-0.1, -0.05) is 6.07 Å². The van der Waals surface area contributed by atoms with Crippen LogP contribution in [0.4, 0.5) is 5.69 Å². The lowest BCUT2D eigenvalue weighted by Crippen LogP contribution is -2.54. The lowest BCUT2D eigenvalue weighted by Gasteiger charge is -2.55. The predicted molar refractivity (Wildman–Crippen MR) is 106 cm³/mol. The van der Waals surface area contributed by atoms with Crippen LogP contribution in [-0.2, 0) is 14.3 Å². The van der Waals surface area contributed by atoms with Crippen LogP contribution in [0.3, 0.4) is 0 Å². The van der Waals surface area contributed by atoms with E-state index in [-0.39, 0.29) is 23.8 Å². The summed E-state index contributed by atoms with van der Waals surface area (Å²) < 4.78 is 10.5. The van der Waals surface area contributed by atoms with Gasteiger partial charge in [0, 0.05) is 24.3 Å². The summed E-state index contributed by atoms with van der Waals surface area (Å²) in [5.74, 6) is 2.68. The van der Waals surface area contributed by atoms with Crippen molar-refractivity contribution in [2.75, 3.05) is 32.2 Å². The maximum atomic E-state index is 12.9. The van der Waals surface area contributed by atoms with E-state index in [4.69, 9.17) is 9.47 Å². The van der Waals surface area contributed by atoms with Gasteiger partial charge in [0.05, 0.1) is 13.2 Å². The van der Waals surface area contributed by atoms with Crippen LogP contribution in [0.1, 0.15) is 38.5 Å². The molecule has 0 aliphatic heterocycles. The average Bonchev–Trinajstić information content (AvgIpc) is 2.65. The van der Waals surface area contributed by atoms with E-state index in [9.17, 15) is 9.59 Å². The minimum Gasteiger partial charge on any atom is -0.491 e. The second-order valence-corrected chi connectivity index (χ2v) is 8.80. The first-order valence-corrected chi connectivity index (χ1v) is 10.4. The molecule has 6 heteroatoms. The molecule has 28 heavy (non-hydrogen) atoms. The number of hydrogen-bond acceptors (Lipinski definition) is 4. The van der Waals surface area contributed by atoms with Gasteiger partial charge in [0.15, 0.2) is 0 Å². The van der Waals surface area contributed by atoms with Gasteiger partial charge in [-0.2, -0.15) is 0 Å². The lowest BCUT2D eigenvalue weighted by molar-refractivity contribution is -0.146. The second-order valence-electron chi connectivity index (χ2n) is 8.80. The summed E-state index contributed by atoms with van der Waals surface area (Å²) in [7, 11) is 1.62. The quantitative estimate of drug-likeness (QED) is 0.674. The first kappa shape index (κ1) is 19.2. The third-order valence-corrected chi connectivity index (χ3v) is 6.60. The minimum absolute atomic E-state index is 0.00927. The van der Waals surface area contributed by atoms with E-state index in [2.05, 4.69) is 10.6 Å². The Morgan fingerprint density at radius 3 is 2.39 bits per heavy atom. The molecule has 0 spiro atoms. The van der Waals surface area contributed by atoms with Gasteiger partial charge >= 0.3 is 0 Å². The molecule has 2 amide bonds. The maximum Gasteiger partial charge on any atom is 0.243 e. The highest BCUT2D eigenvalue weighted by Gasteiger charge is 2.54. The SMILES string of the molecule is COCCOc1cccc(NC(=O)CNC(=O)C23CC4CC(CC(C4)C2)C3)c1. The summed E-state index contributed by atoms with van der Waals surface area (Å²) >= 11 is 0. The first-order chi connectivity index (χ1) is 13.6. The molecule has 4 saturated carbocycles. The van der Waals surface area contributed by atoms with E-state index in [1.165, 1.54) is 19.3 Å². The molecule has 0 heterocycles. The Hall–Kier alpha value is -2.08. The van der Waals surface area contributed by atoms with Gasteiger partial charge in [0.2, 0.25) is 11.8 Å². The van der Waals surface area contributed by atoms with E-state index < -0.39 is 0 Å². The molecule has 152 valence electrons. The van der Waals surface area contributed by atoms with Crippen molar-refractivity contribution < 1.29 is 19.1 Å². The van der Waals surface area contributed by atoms with E-state index in [1.54, 1.807) is 13.2 Å². The molecule has 4 fully saturated rings. The minimum atomic E-state index is -0.218. The van der Waals surface area contributed by atoms with E-state index in [0.29, 0.717) is 42.4 Å². The van der Waals surface area contributed by atoms with E-state index in [1.807, 2.05) is 18.2 Å². The van der Waals surface area contributed by atoms with Gasteiger partial charge in [-0.05, 0) is 68.4 Å². The largest absolute Gasteiger partial charge is 0.491 e. The highest BCUT2D eigenvalue weighted by Crippen LogP contribution is 2.60. The summed E-state index contributed by atoms with van der Waals surface area (Å²) in [6, 6.07) is 7.24. The maximum absolute atomic E-state index is 12.9. The van der Waals surface area contributed by atoms with Crippen molar-refractivity contribution in [1.29, 1.82) is 0 Å². The van der Waals surface area contributed by atoms with Crippen LogP contribution in [0, 0.1) is 23.2 Å². The Morgan fingerprint density at radius 2 is 1.75 bits per heavy atom. The van der Waals surface area contributed by atoms with E-state index >= 15 is 0 Å². The highest BCUT2D eigenvalue weighted by atomic mass is 16.5. The summed E-state index contributed by atoms with van der Waals surface area (Å²) in [5.41, 5.74) is 0.438. The van der Waals surface area contributed by atoms with Gasteiger partial charge in [-0.25, -0.2) is 0 Å². The molecular weight excluding hydrogens is 356 g/mol. The number of ether oxygens (including phenoxy) is 2. The molecule has 0 atom stereocenters. The number of carbonyl (C=O) groups excluding carboxylic acids is 2. The number of rotatable bonds is 8. The summed E-state index contributed by atoms with van der Waals surface area (Å²) in [4.78, 5) is 25.3. The number of nitrogens with one attached hydrogen (secondary N) is 2. The fraction of sp³-hybridized carbons (Fsp3) is 0.636. The summed E-state index contributed by atoms with van der Waals surface area (Å²) in [6.07, 6.45) is 6.93. The molecule has 0 aromatic heterocycles. The molecule has 0 unspecified atom stereocenters. The number of hydrogen-bond donors (Lipinski definition) is 2. The standard InChI is InChI=1S/C22H30N2O4/c1-27-5-6-28-19-4-2-3-18(10-19)24-20(25)14-23-21(26)22-11-15-7-16(12-22)9-17(8-15)13-22/h2-4,10,15-17H,5-9,11-14H2,1H3,(H,23,26)(H,24,25). The molecule has 4 aliphatic rings. The zero-order valence-electron chi connectivity index (χ0n) is 16.5. The molecule has 0 radical (unpaired) electrons. The van der Waals surface area contributed by atoms with Gasteiger partial charge in [-0.3, -0.25) is 9.59 Å². The molecule has 0 saturated heterocycles. The van der Waals surface area contributed by atoms with Gasteiger partial charge in [0.25, 0.3) is 0 Å². The van der Waals surface area contributed by atoms with Gasteiger partial charge in [-0.15, -0.1) is 0 Å². The van der Waals surface area contributed by atoms with Crippen molar-refractivity contribution >= 4 is 17.5 Å². The third kappa shape index (κ3) is 4.17. The van der Waals surface area contributed by atoms with Crippen LogP contribution in [0.2, 0.25) is 0 Å². The smallest absolute Gasteiger partial charge is 0.243 e. The predicted octanol–water partition coefficient (Wildman–Crippen LogP) is 2.98. The number of methoxy groups -OCH3 is 1. The normalized spacial score (nSPS) is 30.1. The number of anilines is 1. The average molecular weight is 386 g/mol.